The molecule has 1 aliphatic rings. The molecule has 1 unspecified atom stereocenters. The van der Waals surface area contributed by atoms with E-state index in [0.717, 1.165) is 24.4 Å². The predicted octanol–water partition coefficient (Wildman–Crippen LogP) is 4.12. The van der Waals surface area contributed by atoms with Crippen LogP contribution in [0.1, 0.15) is 54.5 Å². The second-order valence-electron chi connectivity index (χ2n) is 7.65. The van der Waals surface area contributed by atoms with E-state index in [4.69, 9.17) is 0 Å². The summed E-state index contributed by atoms with van der Waals surface area (Å²) in [6.07, 6.45) is 3.51. The van der Waals surface area contributed by atoms with Gasteiger partial charge in [0.25, 0.3) is 5.91 Å². The summed E-state index contributed by atoms with van der Waals surface area (Å²) in [6, 6.07) is 9.42. The van der Waals surface area contributed by atoms with Gasteiger partial charge in [-0.15, -0.1) is 11.8 Å². The third kappa shape index (κ3) is 4.96. The molecule has 1 aromatic carbocycles. The Morgan fingerprint density at radius 3 is 2.59 bits per heavy atom. The Morgan fingerprint density at radius 2 is 1.93 bits per heavy atom. The number of para-hydroxylation sites is 1. The number of nitrogens with one attached hydrogen (secondary N) is 1. The van der Waals surface area contributed by atoms with E-state index < -0.39 is 0 Å². The zero-order valence-electron chi connectivity index (χ0n) is 17.4. The molecule has 3 rings (SSSR count). The second kappa shape index (κ2) is 9.39. The highest BCUT2D eigenvalue weighted by Crippen LogP contribution is 2.27. The molecular weight excluding hydrogens is 384 g/mol. The number of hydrogen-bond donors (Lipinski definition) is 1. The first-order valence-corrected chi connectivity index (χ1v) is 11.2. The smallest absolute Gasteiger partial charge is 0.258 e. The van der Waals surface area contributed by atoms with Crippen LogP contribution in [0.5, 0.6) is 0 Å². The molecule has 7 heteroatoms. The van der Waals surface area contributed by atoms with Crippen LogP contribution in [0.25, 0.3) is 0 Å². The molecule has 6 nitrogen and oxygen atoms in total. The molecule has 0 radical (unpaired) electrons. The molecule has 1 fully saturated rings. The van der Waals surface area contributed by atoms with Crippen LogP contribution in [-0.2, 0) is 4.79 Å². The van der Waals surface area contributed by atoms with Gasteiger partial charge in [-0.1, -0.05) is 32.0 Å². The van der Waals surface area contributed by atoms with Gasteiger partial charge in [-0.25, -0.2) is 9.97 Å². The fourth-order valence-electron chi connectivity index (χ4n) is 3.52. The summed E-state index contributed by atoms with van der Waals surface area (Å²) in [5.74, 6) is 0.607. The molecule has 1 aliphatic heterocycles. The lowest BCUT2D eigenvalue weighted by Crippen LogP contribution is -2.44. The maximum absolute atomic E-state index is 13.3. The molecule has 0 bridgehead atoms. The molecule has 29 heavy (non-hydrogen) atoms. The number of benzene rings is 1. The van der Waals surface area contributed by atoms with Crippen LogP contribution < -0.4 is 5.32 Å². The Kier molecular flexibility index (Phi) is 6.90. The zero-order valence-corrected chi connectivity index (χ0v) is 18.3. The Hall–Kier alpha value is -2.41. The predicted molar refractivity (Wildman–Crippen MR) is 116 cm³/mol. The van der Waals surface area contributed by atoms with Crippen LogP contribution in [-0.4, -0.2) is 46.0 Å². The van der Waals surface area contributed by atoms with E-state index >= 15 is 0 Å². The monoisotopic (exact) mass is 412 g/mol. The highest BCUT2D eigenvalue weighted by molar-refractivity contribution is 7.98. The van der Waals surface area contributed by atoms with Crippen LogP contribution in [0.4, 0.5) is 5.69 Å². The quantitative estimate of drug-likeness (QED) is 0.591. The SMILES string of the molecule is CSc1nc(C(C)C)nc(C)c1C(=O)N1CCCC(C(=O)Nc2ccccc2)C1. The Balaban J connectivity index is 1.77. The van der Waals surface area contributed by atoms with Gasteiger partial charge in [0.15, 0.2) is 0 Å². The summed E-state index contributed by atoms with van der Waals surface area (Å²) in [5.41, 5.74) is 2.04. The van der Waals surface area contributed by atoms with Crippen LogP contribution in [0.15, 0.2) is 35.4 Å². The van der Waals surface area contributed by atoms with Crippen molar-refractivity contribution in [3.8, 4) is 0 Å². The van der Waals surface area contributed by atoms with Crippen molar-refractivity contribution in [2.75, 3.05) is 24.7 Å². The molecular formula is C22H28N4O2S. The van der Waals surface area contributed by atoms with E-state index in [0.29, 0.717) is 29.4 Å². The largest absolute Gasteiger partial charge is 0.338 e. The number of nitrogens with zero attached hydrogens (tertiary/aromatic N) is 3. The summed E-state index contributed by atoms with van der Waals surface area (Å²) in [4.78, 5) is 36.9. The standard InChI is InChI=1S/C22H28N4O2S/c1-14(2)19-23-15(3)18(21(25-19)29-4)22(28)26-12-8-9-16(13-26)20(27)24-17-10-6-5-7-11-17/h5-7,10-11,14,16H,8-9,12-13H2,1-4H3,(H,24,27). The van der Waals surface area contributed by atoms with E-state index in [1.807, 2.05) is 57.4 Å². The molecule has 0 saturated carbocycles. The molecule has 2 amide bonds. The number of amides is 2. The van der Waals surface area contributed by atoms with E-state index in [1.165, 1.54) is 11.8 Å². The minimum atomic E-state index is -0.221. The lowest BCUT2D eigenvalue weighted by Gasteiger charge is -2.32. The van der Waals surface area contributed by atoms with Crippen molar-refractivity contribution in [3.05, 3.63) is 47.4 Å². The van der Waals surface area contributed by atoms with E-state index in [9.17, 15) is 9.59 Å². The Bertz CT molecular complexity index is 886. The van der Waals surface area contributed by atoms with Crippen molar-refractivity contribution in [2.45, 2.75) is 44.6 Å². The maximum Gasteiger partial charge on any atom is 0.258 e. The van der Waals surface area contributed by atoms with Crippen molar-refractivity contribution in [2.24, 2.45) is 5.92 Å². The second-order valence-corrected chi connectivity index (χ2v) is 8.45. The number of thioether (sulfide) groups is 1. The Morgan fingerprint density at radius 1 is 1.21 bits per heavy atom. The number of anilines is 1. The van der Waals surface area contributed by atoms with Gasteiger partial charge >= 0.3 is 0 Å². The van der Waals surface area contributed by atoms with Gasteiger partial charge in [0.05, 0.1) is 17.2 Å². The number of likely N-dealkylation sites (tertiary alicyclic amines) is 1. The van der Waals surface area contributed by atoms with Gasteiger partial charge in [-0.3, -0.25) is 9.59 Å². The zero-order chi connectivity index (χ0) is 21.0. The topological polar surface area (TPSA) is 75.2 Å². The minimum absolute atomic E-state index is 0.0399. The Labute approximate surface area is 176 Å². The fourth-order valence-corrected chi connectivity index (χ4v) is 4.14. The number of aromatic nitrogens is 2. The van der Waals surface area contributed by atoms with Crippen LogP contribution in [0, 0.1) is 12.8 Å². The number of rotatable bonds is 5. The highest BCUT2D eigenvalue weighted by Gasteiger charge is 2.31. The minimum Gasteiger partial charge on any atom is -0.338 e. The summed E-state index contributed by atoms with van der Waals surface area (Å²) >= 11 is 1.46. The number of carbonyl (C=O) groups is 2. The average molecular weight is 413 g/mol. The number of carbonyl (C=O) groups excluding carboxylic acids is 2. The first-order valence-electron chi connectivity index (χ1n) is 9.98. The van der Waals surface area contributed by atoms with Gasteiger partial charge in [-0.05, 0) is 38.2 Å². The number of aryl methyl sites for hydroxylation is 1. The third-order valence-corrected chi connectivity index (χ3v) is 5.80. The normalized spacial score (nSPS) is 16.7. The molecule has 2 aromatic rings. The first-order chi connectivity index (χ1) is 13.9. The van der Waals surface area contributed by atoms with E-state index in [-0.39, 0.29) is 23.7 Å². The summed E-state index contributed by atoms with van der Waals surface area (Å²) in [7, 11) is 0. The first kappa shape index (κ1) is 21.3. The van der Waals surface area contributed by atoms with Gasteiger partial charge in [0.2, 0.25) is 5.91 Å². The van der Waals surface area contributed by atoms with E-state index in [1.54, 1.807) is 4.90 Å². The van der Waals surface area contributed by atoms with Crippen molar-refractivity contribution in [3.63, 3.8) is 0 Å². The molecule has 0 spiro atoms. The summed E-state index contributed by atoms with van der Waals surface area (Å²) < 4.78 is 0. The van der Waals surface area contributed by atoms with Gasteiger partial charge in [0, 0.05) is 24.7 Å². The third-order valence-electron chi connectivity index (χ3n) is 5.12. The van der Waals surface area contributed by atoms with Gasteiger partial charge < -0.3 is 10.2 Å². The molecule has 2 heterocycles. The number of hydrogen-bond acceptors (Lipinski definition) is 5. The van der Waals surface area contributed by atoms with Crippen molar-refractivity contribution >= 4 is 29.3 Å². The molecule has 1 saturated heterocycles. The maximum atomic E-state index is 13.3. The molecule has 1 atom stereocenters. The summed E-state index contributed by atoms with van der Waals surface area (Å²) in [5, 5.41) is 3.67. The van der Waals surface area contributed by atoms with Crippen LogP contribution >= 0.6 is 11.8 Å². The van der Waals surface area contributed by atoms with Gasteiger partial charge in [-0.2, -0.15) is 0 Å². The van der Waals surface area contributed by atoms with Crippen molar-refractivity contribution in [1.82, 2.24) is 14.9 Å². The van der Waals surface area contributed by atoms with Crippen molar-refractivity contribution < 1.29 is 9.59 Å². The molecule has 1 N–H and O–H groups in total. The van der Waals surface area contributed by atoms with Crippen LogP contribution in [0.2, 0.25) is 0 Å². The number of piperidine rings is 1. The highest BCUT2D eigenvalue weighted by atomic mass is 32.2. The molecule has 0 aliphatic carbocycles. The fraction of sp³-hybridized carbons (Fsp3) is 0.455. The van der Waals surface area contributed by atoms with Crippen molar-refractivity contribution in [1.29, 1.82) is 0 Å². The van der Waals surface area contributed by atoms with Crippen LogP contribution in [0.3, 0.4) is 0 Å². The van der Waals surface area contributed by atoms with E-state index in [2.05, 4.69) is 15.3 Å². The average Bonchev–Trinajstić information content (AvgIpc) is 2.73. The summed E-state index contributed by atoms with van der Waals surface area (Å²) in [6.45, 7) is 7.01. The molecule has 154 valence electrons. The lowest BCUT2D eigenvalue weighted by atomic mass is 9.96. The molecule has 1 aromatic heterocycles. The van der Waals surface area contributed by atoms with Gasteiger partial charge in [0.1, 0.15) is 10.9 Å². The lowest BCUT2D eigenvalue weighted by molar-refractivity contribution is -0.121.